The molecule has 1 fully saturated rings. The van der Waals surface area contributed by atoms with Crippen molar-refractivity contribution in [3.05, 3.63) is 34.3 Å². The highest BCUT2D eigenvalue weighted by atomic mass is 35.5. The third kappa shape index (κ3) is 3.04. The van der Waals surface area contributed by atoms with E-state index in [9.17, 15) is 4.79 Å². The second kappa shape index (κ2) is 5.90. The van der Waals surface area contributed by atoms with Crippen LogP contribution in [0.4, 0.5) is 0 Å². The third-order valence-electron chi connectivity index (χ3n) is 3.05. The first-order valence-corrected chi connectivity index (χ1v) is 6.36. The van der Waals surface area contributed by atoms with E-state index in [1.165, 1.54) is 0 Å². The zero-order valence-electron chi connectivity index (χ0n) is 10.0. The van der Waals surface area contributed by atoms with Gasteiger partial charge in [-0.05, 0) is 37.6 Å². The van der Waals surface area contributed by atoms with Gasteiger partial charge in [0.05, 0.1) is 10.6 Å². The largest absolute Gasteiger partial charge is 0.350 e. The normalized spacial score (nSPS) is 18.3. The van der Waals surface area contributed by atoms with Crippen LogP contribution in [0.15, 0.2) is 18.2 Å². The van der Waals surface area contributed by atoms with Gasteiger partial charge in [0.25, 0.3) is 5.91 Å². The van der Waals surface area contributed by atoms with Crippen LogP contribution in [0.3, 0.4) is 0 Å². The smallest absolute Gasteiger partial charge is 0.252 e. The topological polar surface area (TPSA) is 41.1 Å². The quantitative estimate of drug-likeness (QED) is 0.816. The number of carbonyl (C=O) groups is 1. The summed E-state index contributed by atoms with van der Waals surface area (Å²) in [5.41, 5.74) is 1.09. The van der Waals surface area contributed by atoms with Crippen molar-refractivity contribution in [2.45, 2.75) is 18.9 Å². The van der Waals surface area contributed by atoms with Gasteiger partial charge in [0.1, 0.15) is 0 Å². The van der Waals surface area contributed by atoms with Gasteiger partial charge in [-0.3, -0.25) is 4.79 Å². The molecule has 0 aromatic heterocycles. The molecule has 1 amide bonds. The minimum atomic E-state index is -0.175. The van der Waals surface area contributed by atoms with Crippen LogP contribution in [0.25, 0.3) is 0 Å². The number of amides is 1. The van der Waals surface area contributed by atoms with Crippen molar-refractivity contribution in [1.29, 1.82) is 0 Å². The SMILES string of the molecule is C#Cc1ccc(Cl)c(C(=O)NC[C@@H]2CCCN2)c1. The Hall–Kier alpha value is -1.50. The molecule has 2 N–H and O–H groups in total. The van der Waals surface area contributed by atoms with Crippen LogP contribution in [0.2, 0.25) is 5.02 Å². The van der Waals surface area contributed by atoms with E-state index < -0.39 is 0 Å². The third-order valence-corrected chi connectivity index (χ3v) is 3.38. The van der Waals surface area contributed by atoms with Crippen LogP contribution in [0.5, 0.6) is 0 Å². The number of benzene rings is 1. The van der Waals surface area contributed by atoms with Crippen molar-refractivity contribution in [3.63, 3.8) is 0 Å². The van der Waals surface area contributed by atoms with Gasteiger partial charge in [-0.25, -0.2) is 0 Å². The lowest BCUT2D eigenvalue weighted by molar-refractivity contribution is 0.0950. The first-order chi connectivity index (χ1) is 8.70. The van der Waals surface area contributed by atoms with Crippen LogP contribution in [-0.2, 0) is 0 Å². The summed E-state index contributed by atoms with van der Waals surface area (Å²) in [4.78, 5) is 12.0. The van der Waals surface area contributed by atoms with Gasteiger partial charge in [-0.1, -0.05) is 17.5 Å². The van der Waals surface area contributed by atoms with Crippen LogP contribution in [0, 0.1) is 12.3 Å². The number of carbonyl (C=O) groups excluding carboxylic acids is 1. The fourth-order valence-electron chi connectivity index (χ4n) is 2.03. The number of halogens is 1. The molecule has 4 heteroatoms. The number of nitrogens with one attached hydrogen (secondary N) is 2. The Morgan fingerprint density at radius 3 is 3.11 bits per heavy atom. The van der Waals surface area contributed by atoms with Crippen LogP contribution >= 0.6 is 11.6 Å². The summed E-state index contributed by atoms with van der Waals surface area (Å²) >= 11 is 6.00. The van der Waals surface area contributed by atoms with Gasteiger partial charge in [-0.15, -0.1) is 6.42 Å². The lowest BCUT2D eigenvalue weighted by Gasteiger charge is -2.12. The molecule has 94 valence electrons. The van der Waals surface area contributed by atoms with Gasteiger partial charge in [0.2, 0.25) is 0 Å². The van der Waals surface area contributed by atoms with E-state index in [1.807, 2.05) is 0 Å². The second-order valence-electron chi connectivity index (χ2n) is 4.34. The van der Waals surface area contributed by atoms with Gasteiger partial charge >= 0.3 is 0 Å². The minimum absolute atomic E-state index is 0.175. The fraction of sp³-hybridized carbons (Fsp3) is 0.357. The Bertz CT molecular complexity index is 487. The maximum atomic E-state index is 12.0. The number of terminal acetylenes is 1. The molecule has 0 saturated carbocycles. The monoisotopic (exact) mass is 262 g/mol. The highest BCUT2D eigenvalue weighted by Gasteiger charge is 2.16. The van der Waals surface area contributed by atoms with Crippen LogP contribution < -0.4 is 10.6 Å². The Morgan fingerprint density at radius 2 is 2.44 bits per heavy atom. The molecule has 0 radical (unpaired) electrons. The molecule has 0 bridgehead atoms. The molecule has 1 aromatic carbocycles. The second-order valence-corrected chi connectivity index (χ2v) is 4.75. The average Bonchev–Trinajstić information content (AvgIpc) is 2.89. The highest BCUT2D eigenvalue weighted by Crippen LogP contribution is 2.17. The lowest BCUT2D eigenvalue weighted by atomic mass is 10.1. The van der Waals surface area contributed by atoms with Crippen LogP contribution in [-0.4, -0.2) is 25.0 Å². The molecule has 2 rings (SSSR count). The Kier molecular flexibility index (Phi) is 4.24. The van der Waals surface area contributed by atoms with Crippen molar-refractivity contribution < 1.29 is 4.79 Å². The fourth-order valence-corrected chi connectivity index (χ4v) is 2.23. The molecule has 1 aromatic rings. The Balaban J connectivity index is 2.01. The maximum absolute atomic E-state index is 12.0. The maximum Gasteiger partial charge on any atom is 0.252 e. The minimum Gasteiger partial charge on any atom is -0.350 e. The first-order valence-electron chi connectivity index (χ1n) is 5.98. The first kappa shape index (κ1) is 12.9. The van der Waals surface area contributed by atoms with Crippen molar-refractivity contribution in [1.82, 2.24) is 10.6 Å². The van der Waals surface area contributed by atoms with Crippen LogP contribution in [0.1, 0.15) is 28.8 Å². The molecular weight excluding hydrogens is 248 g/mol. The molecule has 1 heterocycles. The molecule has 18 heavy (non-hydrogen) atoms. The van der Waals surface area contributed by atoms with Gasteiger partial charge in [-0.2, -0.15) is 0 Å². The molecule has 0 aliphatic carbocycles. The van der Waals surface area contributed by atoms with E-state index in [0.717, 1.165) is 19.4 Å². The van der Waals surface area contributed by atoms with E-state index in [4.69, 9.17) is 18.0 Å². The standard InChI is InChI=1S/C14H15ClN2O/c1-2-10-5-6-13(15)12(8-10)14(18)17-9-11-4-3-7-16-11/h1,5-6,8,11,16H,3-4,7,9H2,(H,17,18)/t11-/m0/s1. The molecular formula is C14H15ClN2O. The van der Waals surface area contributed by atoms with Gasteiger partial charge < -0.3 is 10.6 Å². The molecule has 1 aliphatic heterocycles. The van der Waals surface area contributed by atoms with Gasteiger partial charge in [0, 0.05) is 18.2 Å². The molecule has 3 nitrogen and oxygen atoms in total. The highest BCUT2D eigenvalue weighted by molar-refractivity contribution is 6.33. The molecule has 0 unspecified atom stereocenters. The van der Waals surface area contributed by atoms with Crippen molar-refractivity contribution >= 4 is 17.5 Å². The number of hydrogen-bond donors (Lipinski definition) is 2. The summed E-state index contributed by atoms with van der Waals surface area (Å²) in [6, 6.07) is 5.38. The van der Waals surface area contributed by atoms with Crippen molar-refractivity contribution in [3.8, 4) is 12.3 Å². The van der Waals surface area contributed by atoms with Crippen molar-refractivity contribution in [2.75, 3.05) is 13.1 Å². The van der Waals surface area contributed by atoms with E-state index in [2.05, 4.69) is 16.6 Å². The van der Waals surface area contributed by atoms with E-state index in [1.54, 1.807) is 18.2 Å². The van der Waals surface area contributed by atoms with Crippen molar-refractivity contribution in [2.24, 2.45) is 0 Å². The summed E-state index contributed by atoms with van der Waals surface area (Å²) < 4.78 is 0. The Labute approximate surface area is 112 Å². The van der Waals surface area contributed by atoms with E-state index >= 15 is 0 Å². The summed E-state index contributed by atoms with van der Waals surface area (Å²) in [5, 5.41) is 6.62. The summed E-state index contributed by atoms with van der Waals surface area (Å²) in [6.45, 7) is 1.64. The van der Waals surface area contributed by atoms with E-state index in [-0.39, 0.29) is 5.91 Å². The summed E-state index contributed by atoms with van der Waals surface area (Å²) in [5.74, 6) is 2.32. The lowest BCUT2D eigenvalue weighted by Crippen LogP contribution is -2.37. The number of rotatable bonds is 3. The molecule has 0 spiro atoms. The molecule has 1 aliphatic rings. The van der Waals surface area contributed by atoms with Gasteiger partial charge in [0.15, 0.2) is 0 Å². The number of hydrogen-bond acceptors (Lipinski definition) is 2. The zero-order valence-corrected chi connectivity index (χ0v) is 10.8. The zero-order chi connectivity index (χ0) is 13.0. The van der Waals surface area contributed by atoms with E-state index in [0.29, 0.717) is 28.7 Å². The Morgan fingerprint density at radius 1 is 1.61 bits per heavy atom. The molecule has 1 atom stereocenters. The molecule has 1 saturated heterocycles. The summed E-state index contributed by atoms with van der Waals surface area (Å²) in [7, 11) is 0. The predicted octanol–water partition coefficient (Wildman–Crippen LogP) is 1.80. The summed E-state index contributed by atoms with van der Waals surface area (Å²) in [6.07, 6.45) is 7.56. The average molecular weight is 263 g/mol. The predicted molar refractivity (Wildman–Crippen MR) is 72.7 cm³/mol.